The maximum Gasteiger partial charge on any atom is 0.243 e. The Bertz CT molecular complexity index is 638. The number of methoxy groups -OCH3 is 1. The molecule has 0 saturated carbocycles. The van der Waals surface area contributed by atoms with Crippen LogP contribution in [0, 0.1) is 0 Å². The van der Waals surface area contributed by atoms with E-state index in [0.29, 0.717) is 30.3 Å². The molecule has 1 aliphatic heterocycles. The first-order chi connectivity index (χ1) is 9.98. The third-order valence-electron chi connectivity index (χ3n) is 3.66. The highest BCUT2D eigenvalue weighted by atomic mass is 32.2. The topological polar surface area (TPSA) is 58.6 Å². The number of rotatable bonds is 5. The molecule has 0 unspecified atom stereocenters. The van der Waals surface area contributed by atoms with Crippen molar-refractivity contribution in [2.24, 2.45) is 0 Å². The van der Waals surface area contributed by atoms with Gasteiger partial charge in [-0.15, -0.1) is 0 Å². The monoisotopic (exact) mass is 310 g/mol. The summed E-state index contributed by atoms with van der Waals surface area (Å²) in [5, 5.41) is 3.02. The van der Waals surface area contributed by atoms with Gasteiger partial charge in [0.25, 0.3) is 0 Å². The van der Waals surface area contributed by atoms with Gasteiger partial charge in [-0.1, -0.05) is 11.6 Å². The molecule has 1 aromatic rings. The SMILES string of the molecule is CNCc1cc(S(=O)(=O)N2CC=C(C)CC2)ccc1OC. The van der Waals surface area contributed by atoms with Crippen LogP contribution in [0.4, 0.5) is 0 Å². The van der Waals surface area contributed by atoms with Crippen molar-refractivity contribution in [2.75, 3.05) is 27.2 Å². The highest BCUT2D eigenvalue weighted by Gasteiger charge is 2.26. The van der Waals surface area contributed by atoms with Gasteiger partial charge < -0.3 is 10.1 Å². The van der Waals surface area contributed by atoms with Crippen LogP contribution in [0.5, 0.6) is 5.75 Å². The van der Waals surface area contributed by atoms with E-state index in [0.717, 1.165) is 12.0 Å². The zero-order chi connectivity index (χ0) is 15.5. The van der Waals surface area contributed by atoms with E-state index in [2.05, 4.69) is 5.32 Å². The van der Waals surface area contributed by atoms with Crippen LogP contribution in [0.3, 0.4) is 0 Å². The molecular formula is C15H22N2O3S. The maximum absolute atomic E-state index is 12.7. The van der Waals surface area contributed by atoms with E-state index in [1.165, 1.54) is 9.88 Å². The molecule has 0 atom stereocenters. The van der Waals surface area contributed by atoms with Gasteiger partial charge in [0.1, 0.15) is 5.75 Å². The molecule has 0 spiro atoms. The Morgan fingerprint density at radius 3 is 2.71 bits per heavy atom. The summed E-state index contributed by atoms with van der Waals surface area (Å²) in [4.78, 5) is 0.321. The Kier molecular flexibility index (Phi) is 5.03. The fraction of sp³-hybridized carbons (Fsp3) is 0.467. The number of ether oxygens (including phenoxy) is 1. The molecule has 0 aromatic heterocycles. The standard InChI is InChI=1S/C15H22N2O3S/c1-12-6-8-17(9-7-12)21(18,19)14-4-5-15(20-3)13(10-14)11-16-2/h4-6,10,16H,7-9,11H2,1-3H3. The minimum Gasteiger partial charge on any atom is -0.496 e. The van der Waals surface area contributed by atoms with Crippen LogP contribution in [-0.4, -0.2) is 40.0 Å². The molecule has 1 N–H and O–H groups in total. The summed E-state index contributed by atoms with van der Waals surface area (Å²) in [5.41, 5.74) is 2.08. The molecule has 2 rings (SSSR count). The van der Waals surface area contributed by atoms with Gasteiger partial charge in [0.05, 0.1) is 12.0 Å². The molecular weight excluding hydrogens is 288 g/mol. The van der Waals surface area contributed by atoms with Gasteiger partial charge in [0, 0.05) is 25.2 Å². The summed E-state index contributed by atoms with van der Waals surface area (Å²) >= 11 is 0. The molecule has 21 heavy (non-hydrogen) atoms. The zero-order valence-electron chi connectivity index (χ0n) is 12.7. The smallest absolute Gasteiger partial charge is 0.243 e. The minimum absolute atomic E-state index is 0.321. The van der Waals surface area contributed by atoms with Gasteiger partial charge in [0.15, 0.2) is 0 Å². The number of nitrogens with zero attached hydrogens (tertiary/aromatic N) is 1. The molecule has 0 saturated heterocycles. The highest BCUT2D eigenvalue weighted by Crippen LogP contribution is 2.26. The lowest BCUT2D eigenvalue weighted by Crippen LogP contribution is -2.34. The number of hydrogen-bond donors (Lipinski definition) is 1. The van der Waals surface area contributed by atoms with Crippen molar-refractivity contribution in [3.8, 4) is 5.75 Å². The van der Waals surface area contributed by atoms with Gasteiger partial charge in [-0.05, 0) is 38.6 Å². The Hall–Kier alpha value is -1.37. The highest BCUT2D eigenvalue weighted by molar-refractivity contribution is 7.89. The van der Waals surface area contributed by atoms with Crippen LogP contribution in [0.1, 0.15) is 18.9 Å². The second-order valence-corrected chi connectivity index (χ2v) is 7.11. The first-order valence-corrected chi connectivity index (χ1v) is 8.40. The third-order valence-corrected chi connectivity index (χ3v) is 5.52. The van der Waals surface area contributed by atoms with Crippen LogP contribution in [0.2, 0.25) is 0 Å². The summed E-state index contributed by atoms with van der Waals surface area (Å²) < 4.78 is 32.2. The van der Waals surface area contributed by atoms with Crippen molar-refractivity contribution in [2.45, 2.75) is 24.8 Å². The molecule has 1 aromatic carbocycles. The quantitative estimate of drug-likeness (QED) is 0.842. The van der Waals surface area contributed by atoms with Crippen LogP contribution < -0.4 is 10.1 Å². The van der Waals surface area contributed by atoms with E-state index >= 15 is 0 Å². The van der Waals surface area contributed by atoms with E-state index in [1.807, 2.05) is 20.0 Å². The van der Waals surface area contributed by atoms with E-state index in [9.17, 15) is 8.42 Å². The third kappa shape index (κ3) is 3.45. The van der Waals surface area contributed by atoms with Gasteiger partial charge in [-0.2, -0.15) is 4.31 Å². The Morgan fingerprint density at radius 2 is 2.14 bits per heavy atom. The number of sulfonamides is 1. The van der Waals surface area contributed by atoms with Crippen LogP contribution in [-0.2, 0) is 16.6 Å². The van der Waals surface area contributed by atoms with Crippen LogP contribution in [0.15, 0.2) is 34.7 Å². The second-order valence-electron chi connectivity index (χ2n) is 5.17. The lowest BCUT2D eigenvalue weighted by Gasteiger charge is -2.25. The van der Waals surface area contributed by atoms with Gasteiger partial charge in [-0.25, -0.2) is 8.42 Å². The first-order valence-electron chi connectivity index (χ1n) is 6.96. The fourth-order valence-electron chi connectivity index (χ4n) is 2.36. The van der Waals surface area contributed by atoms with E-state index in [-0.39, 0.29) is 0 Å². The predicted octanol–water partition coefficient (Wildman–Crippen LogP) is 1.76. The molecule has 1 aliphatic rings. The fourth-order valence-corrected chi connectivity index (χ4v) is 3.80. The summed E-state index contributed by atoms with van der Waals surface area (Å²) in [6.45, 7) is 3.58. The molecule has 0 bridgehead atoms. The first kappa shape index (κ1) is 16.0. The summed E-state index contributed by atoms with van der Waals surface area (Å²) in [6, 6.07) is 5.01. The second kappa shape index (κ2) is 6.60. The van der Waals surface area contributed by atoms with E-state index in [1.54, 1.807) is 25.3 Å². The summed E-state index contributed by atoms with van der Waals surface area (Å²) in [6.07, 6.45) is 2.76. The van der Waals surface area contributed by atoms with Crippen molar-refractivity contribution in [3.63, 3.8) is 0 Å². The molecule has 116 valence electrons. The molecule has 0 aliphatic carbocycles. The van der Waals surface area contributed by atoms with Crippen molar-refractivity contribution in [3.05, 3.63) is 35.4 Å². The lowest BCUT2D eigenvalue weighted by atomic mass is 10.1. The Balaban J connectivity index is 2.34. The van der Waals surface area contributed by atoms with E-state index < -0.39 is 10.0 Å². The molecule has 5 nitrogen and oxygen atoms in total. The largest absolute Gasteiger partial charge is 0.496 e. The average Bonchev–Trinajstić information content (AvgIpc) is 2.48. The number of nitrogens with one attached hydrogen (secondary N) is 1. The van der Waals surface area contributed by atoms with E-state index in [4.69, 9.17) is 4.74 Å². The van der Waals surface area contributed by atoms with Crippen molar-refractivity contribution in [1.29, 1.82) is 0 Å². The molecule has 0 radical (unpaired) electrons. The summed E-state index contributed by atoms with van der Waals surface area (Å²) in [5.74, 6) is 0.692. The maximum atomic E-state index is 12.7. The minimum atomic E-state index is -3.45. The average molecular weight is 310 g/mol. The van der Waals surface area contributed by atoms with Crippen LogP contribution >= 0.6 is 0 Å². The molecule has 1 heterocycles. The molecule has 6 heteroatoms. The van der Waals surface area contributed by atoms with Crippen molar-refractivity contribution >= 4 is 10.0 Å². The molecule has 0 fully saturated rings. The molecule has 0 amide bonds. The lowest BCUT2D eigenvalue weighted by molar-refractivity contribution is 0.407. The summed E-state index contributed by atoms with van der Waals surface area (Å²) in [7, 11) is -0.0434. The van der Waals surface area contributed by atoms with Gasteiger partial charge in [0.2, 0.25) is 10.0 Å². The Morgan fingerprint density at radius 1 is 1.38 bits per heavy atom. The number of hydrogen-bond acceptors (Lipinski definition) is 4. The van der Waals surface area contributed by atoms with Gasteiger partial charge >= 0.3 is 0 Å². The number of benzene rings is 1. The van der Waals surface area contributed by atoms with Gasteiger partial charge in [-0.3, -0.25) is 0 Å². The predicted molar refractivity (Wildman–Crippen MR) is 82.9 cm³/mol. The zero-order valence-corrected chi connectivity index (χ0v) is 13.5. The van der Waals surface area contributed by atoms with Crippen molar-refractivity contribution in [1.82, 2.24) is 9.62 Å². The van der Waals surface area contributed by atoms with Crippen molar-refractivity contribution < 1.29 is 13.2 Å². The Labute approximate surface area is 126 Å². The normalized spacial score (nSPS) is 16.6. The van der Waals surface area contributed by atoms with Crippen LogP contribution in [0.25, 0.3) is 0 Å².